The van der Waals surface area contributed by atoms with Crippen molar-refractivity contribution in [1.82, 2.24) is 10.9 Å². The van der Waals surface area contributed by atoms with Crippen molar-refractivity contribution >= 4 is 22.6 Å². The molecular formula is C18H20N2O4S. The first kappa shape index (κ1) is 18.7. The van der Waals surface area contributed by atoms with E-state index in [-0.39, 0.29) is 6.61 Å². The highest BCUT2D eigenvalue weighted by Crippen LogP contribution is 2.11. The van der Waals surface area contributed by atoms with Gasteiger partial charge in [0.05, 0.1) is 0 Å². The van der Waals surface area contributed by atoms with Gasteiger partial charge in [0.15, 0.2) is 6.61 Å². The van der Waals surface area contributed by atoms with E-state index in [0.29, 0.717) is 17.1 Å². The van der Waals surface area contributed by atoms with Crippen molar-refractivity contribution in [3.8, 4) is 5.75 Å². The van der Waals surface area contributed by atoms with E-state index in [4.69, 9.17) is 4.74 Å². The van der Waals surface area contributed by atoms with E-state index in [2.05, 4.69) is 10.9 Å². The van der Waals surface area contributed by atoms with Crippen LogP contribution < -0.4 is 15.6 Å². The highest BCUT2D eigenvalue weighted by Gasteiger charge is 2.09. The van der Waals surface area contributed by atoms with E-state index in [1.807, 2.05) is 25.1 Å². The topological polar surface area (TPSA) is 84.5 Å². The Morgan fingerprint density at radius 1 is 1.08 bits per heavy atom. The number of carbonyl (C=O) groups excluding carboxylic acids is 2. The quantitative estimate of drug-likeness (QED) is 0.768. The van der Waals surface area contributed by atoms with Crippen molar-refractivity contribution in [3.63, 3.8) is 0 Å². The van der Waals surface area contributed by atoms with Gasteiger partial charge in [-0.05, 0) is 42.3 Å². The van der Waals surface area contributed by atoms with Gasteiger partial charge in [0, 0.05) is 28.4 Å². The van der Waals surface area contributed by atoms with Gasteiger partial charge in [0.1, 0.15) is 5.75 Å². The van der Waals surface area contributed by atoms with E-state index < -0.39 is 22.6 Å². The number of hydrogen-bond donors (Lipinski definition) is 2. The molecule has 2 aromatic carbocycles. The molecule has 2 aromatic rings. The van der Waals surface area contributed by atoms with Crippen LogP contribution in [0.15, 0.2) is 48.5 Å². The lowest BCUT2D eigenvalue weighted by molar-refractivity contribution is -0.123. The fraction of sp³-hybridized carbons (Fsp3) is 0.222. The molecule has 25 heavy (non-hydrogen) atoms. The average Bonchev–Trinajstić information content (AvgIpc) is 2.57. The van der Waals surface area contributed by atoms with Crippen LogP contribution >= 0.6 is 0 Å². The molecule has 0 radical (unpaired) electrons. The number of hydrogen-bond acceptors (Lipinski definition) is 4. The zero-order valence-corrected chi connectivity index (χ0v) is 14.9. The Labute approximate surface area is 149 Å². The first-order valence-corrected chi connectivity index (χ1v) is 9.34. The van der Waals surface area contributed by atoms with Crippen molar-refractivity contribution in [1.29, 1.82) is 0 Å². The van der Waals surface area contributed by atoms with E-state index >= 15 is 0 Å². The molecule has 0 fully saturated rings. The minimum absolute atomic E-state index is 0.210. The number of benzene rings is 2. The third kappa shape index (κ3) is 6.39. The molecule has 0 aliphatic rings. The molecule has 2 N–H and O–H groups in total. The van der Waals surface area contributed by atoms with Gasteiger partial charge in [-0.15, -0.1) is 0 Å². The van der Waals surface area contributed by atoms with Crippen LogP contribution in [0.2, 0.25) is 0 Å². The van der Waals surface area contributed by atoms with E-state index in [1.165, 1.54) is 0 Å². The Hall–Kier alpha value is -2.67. The number of nitrogens with one attached hydrogen (secondary N) is 2. The maximum Gasteiger partial charge on any atom is 0.276 e. The number of hydrazine groups is 1. The third-order valence-electron chi connectivity index (χ3n) is 3.23. The Morgan fingerprint density at radius 3 is 2.56 bits per heavy atom. The van der Waals surface area contributed by atoms with Gasteiger partial charge in [0.2, 0.25) is 0 Å². The van der Waals surface area contributed by atoms with Crippen molar-refractivity contribution in [3.05, 3.63) is 65.2 Å². The molecule has 0 aliphatic heterocycles. The van der Waals surface area contributed by atoms with Gasteiger partial charge in [-0.1, -0.05) is 24.3 Å². The monoisotopic (exact) mass is 360 g/mol. The number of carbonyl (C=O) groups is 2. The van der Waals surface area contributed by atoms with Crippen LogP contribution in [0, 0.1) is 6.92 Å². The standard InChI is InChI=1S/C18H20N2O4S/c1-13-5-3-8-16(9-13)24-11-17(21)19-20-18(22)15-7-4-6-14(10-15)12-25(2)23/h3-10H,11-12H2,1-2H3,(H,19,21)(H,20,22). The molecule has 2 rings (SSSR count). The smallest absolute Gasteiger partial charge is 0.276 e. The summed E-state index contributed by atoms with van der Waals surface area (Å²) in [6, 6.07) is 14.1. The Morgan fingerprint density at radius 2 is 1.84 bits per heavy atom. The normalized spacial score (nSPS) is 11.4. The fourth-order valence-corrected chi connectivity index (χ4v) is 2.77. The molecule has 0 bridgehead atoms. The van der Waals surface area contributed by atoms with Crippen LogP contribution in [0.3, 0.4) is 0 Å². The van der Waals surface area contributed by atoms with Gasteiger partial charge in [0.25, 0.3) is 11.8 Å². The minimum Gasteiger partial charge on any atom is -0.484 e. The van der Waals surface area contributed by atoms with Gasteiger partial charge in [-0.3, -0.25) is 24.6 Å². The summed E-state index contributed by atoms with van der Waals surface area (Å²) < 4.78 is 16.6. The summed E-state index contributed by atoms with van der Waals surface area (Å²) in [7, 11) is -0.990. The highest BCUT2D eigenvalue weighted by atomic mass is 32.2. The molecule has 0 saturated carbocycles. The van der Waals surface area contributed by atoms with Gasteiger partial charge < -0.3 is 4.74 Å². The second-order valence-electron chi connectivity index (χ2n) is 5.53. The lowest BCUT2D eigenvalue weighted by Crippen LogP contribution is -2.43. The Kier molecular flexibility index (Phi) is 6.71. The summed E-state index contributed by atoms with van der Waals surface area (Å²) in [6.45, 7) is 1.72. The van der Waals surface area contributed by atoms with Gasteiger partial charge in [-0.2, -0.15) is 0 Å². The number of amides is 2. The molecule has 0 heterocycles. The molecule has 0 aliphatic carbocycles. The number of aryl methyl sites for hydroxylation is 1. The lowest BCUT2D eigenvalue weighted by atomic mass is 10.1. The molecule has 1 atom stereocenters. The van der Waals surface area contributed by atoms with Crippen molar-refractivity contribution in [2.24, 2.45) is 0 Å². The summed E-state index contributed by atoms with van der Waals surface area (Å²) in [5.41, 5.74) is 6.83. The summed E-state index contributed by atoms with van der Waals surface area (Å²) in [5, 5.41) is 0. The maximum atomic E-state index is 12.1. The maximum absolute atomic E-state index is 12.1. The molecule has 132 valence electrons. The second-order valence-corrected chi connectivity index (χ2v) is 6.96. The average molecular weight is 360 g/mol. The zero-order valence-electron chi connectivity index (χ0n) is 14.1. The summed E-state index contributed by atoms with van der Waals surface area (Å²) in [4.78, 5) is 23.8. The number of rotatable bonds is 6. The molecule has 0 aromatic heterocycles. The highest BCUT2D eigenvalue weighted by molar-refractivity contribution is 7.83. The third-order valence-corrected chi connectivity index (χ3v) is 3.97. The first-order chi connectivity index (χ1) is 11.9. The van der Waals surface area contributed by atoms with Crippen molar-refractivity contribution in [2.45, 2.75) is 12.7 Å². The Balaban J connectivity index is 1.83. The summed E-state index contributed by atoms with van der Waals surface area (Å²) >= 11 is 0. The van der Waals surface area contributed by atoms with E-state index in [1.54, 1.807) is 36.6 Å². The molecule has 2 amide bonds. The van der Waals surface area contributed by atoms with Gasteiger partial charge in [-0.25, -0.2) is 0 Å². The Bertz CT molecular complexity index is 792. The van der Waals surface area contributed by atoms with Gasteiger partial charge >= 0.3 is 0 Å². The second kappa shape index (κ2) is 8.98. The SMILES string of the molecule is Cc1cccc(OCC(=O)NNC(=O)c2cccc(CS(C)=O)c2)c1. The van der Waals surface area contributed by atoms with Crippen LogP contribution in [0.25, 0.3) is 0 Å². The molecule has 0 saturated heterocycles. The van der Waals surface area contributed by atoms with Crippen LogP contribution in [0.1, 0.15) is 21.5 Å². The predicted octanol–water partition coefficient (Wildman–Crippen LogP) is 1.71. The molecule has 0 spiro atoms. The molecule has 6 nitrogen and oxygen atoms in total. The summed E-state index contributed by atoms with van der Waals surface area (Å²) in [6.07, 6.45) is 1.60. The minimum atomic E-state index is -0.990. The summed E-state index contributed by atoms with van der Waals surface area (Å²) in [5.74, 6) is 0.0349. The lowest BCUT2D eigenvalue weighted by Gasteiger charge is -2.10. The van der Waals surface area contributed by atoms with Crippen molar-refractivity contribution < 1.29 is 18.5 Å². The fourth-order valence-electron chi connectivity index (χ4n) is 2.13. The molecular weight excluding hydrogens is 340 g/mol. The zero-order chi connectivity index (χ0) is 18.2. The molecule has 7 heteroatoms. The van der Waals surface area contributed by atoms with E-state index in [9.17, 15) is 13.8 Å². The first-order valence-electron chi connectivity index (χ1n) is 7.61. The predicted molar refractivity (Wildman–Crippen MR) is 96.5 cm³/mol. The largest absolute Gasteiger partial charge is 0.484 e. The van der Waals surface area contributed by atoms with E-state index in [0.717, 1.165) is 11.1 Å². The number of ether oxygens (including phenoxy) is 1. The molecule has 1 unspecified atom stereocenters. The van der Waals surface area contributed by atoms with Crippen LogP contribution in [-0.4, -0.2) is 28.9 Å². The van der Waals surface area contributed by atoms with Crippen LogP contribution in [0.4, 0.5) is 0 Å². The van der Waals surface area contributed by atoms with Crippen LogP contribution in [0.5, 0.6) is 5.75 Å². The van der Waals surface area contributed by atoms with Crippen molar-refractivity contribution in [2.75, 3.05) is 12.9 Å². The van der Waals surface area contributed by atoms with Crippen LogP contribution in [-0.2, 0) is 21.3 Å².